The molecule has 0 aliphatic heterocycles. The van der Waals surface area contributed by atoms with Gasteiger partial charge in [0.05, 0.1) is 28.8 Å². The van der Waals surface area contributed by atoms with Gasteiger partial charge in [-0.2, -0.15) is 5.26 Å². The molecule has 2 rings (SSSR count). The predicted octanol–water partition coefficient (Wildman–Crippen LogP) is 4.05. The van der Waals surface area contributed by atoms with Crippen molar-refractivity contribution in [2.45, 2.75) is 6.42 Å². The lowest BCUT2D eigenvalue weighted by molar-refractivity contribution is -0.115. The van der Waals surface area contributed by atoms with E-state index >= 15 is 0 Å². The standard InChI is InChI=1S/C15H10Cl2N2O/c16-12-3-1-2-10(6-12)8-15(20)19-14-7-11(9-18)4-5-13(14)17/h1-7H,8H2,(H,19,20). The van der Waals surface area contributed by atoms with Gasteiger partial charge < -0.3 is 5.32 Å². The first-order chi connectivity index (χ1) is 9.58. The first-order valence-corrected chi connectivity index (χ1v) is 6.58. The van der Waals surface area contributed by atoms with Crippen LogP contribution in [0.2, 0.25) is 10.0 Å². The quantitative estimate of drug-likeness (QED) is 0.930. The highest BCUT2D eigenvalue weighted by atomic mass is 35.5. The second-order valence-corrected chi connectivity index (χ2v) is 5.00. The van der Waals surface area contributed by atoms with Crippen molar-refractivity contribution in [2.75, 3.05) is 5.32 Å². The molecule has 1 amide bonds. The second-order valence-electron chi connectivity index (χ2n) is 4.16. The number of rotatable bonds is 3. The first kappa shape index (κ1) is 14.4. The van der Waals surface area contributed by atoms with Crippen LogP contribution in [0.4, 0.5) is 5.69 Å². The second kappa shape index (κ2) is 6.42. The summed E-state index contributed by atoms with van der Waals surface area (Å²) in [6, 6.07) is 13.8. The Hall–Kier alpha value is -2.02. The number of carbonyl (C=O) groups is 1. The molecule has 2 aromatic rings. The van der Waals surface area contributed by atoms with Crippen molar-refractivity contribution < 1.29 is 4.79 Å². The fourth-order valence-corrected chi connectivity index (χ4v) is 2.10. The van der Waals surface area contributed by atoms with E-state index in [1.807, 2.05) is 12.1 Å². The summed E-state index contributed by atoms with van der Waals surface area (Å²) in [7, 11) is 0. The summed E-state index contributed by atoms with van der Waals surface area (Å²) in [5.74, 6) is -0.218. The summed E-state index contributed by atoms with van der Waals surface area (Å²) in [5, 5.41) is 12.5. The summed E-state index contributed by atoms with van der Waals surface area (Å²) in [4.78, 5) is 11.9. The summed E-state index contributed by atoms with van der Waals surface area (Å²) in [6.45, 7) is 0. The van der Waals surface area contributed by atoms with Crippen molar-refractivity contribution in [2.24, 2.45) is 0 Å². The van der Waals surface area contributed by atoms with E-state index in [0.29, 0.717) is 21.3 Å². The van der Waals surface area contributed by atoms with Crippen molar-refractivity contribution in [3.8, 4) is 6.07 Å². The monoisotopic (exact) mass is 304 g/mol. The minimum Gasteiger partial charge on any atom is -0.324 e. The fourth-order valence-electron chi connectivity index (χ4n) is 1.72. The van der Waals surface area contributed by atoms with Gasteiger partial charge in [-0.3, -0.25) is 4.79 Å². The third kappa shape index (κ3) is 3.74. The normalized spacial score (nSPS) is 9.85. The van der Waals surface area contributed by atoms with Crippen molar-refractivity contribution in [1.82, 2.24) is 0 Å². The van der Waals surface area contributed by atoms with Gasteiger partial charge >= 0.3 is 0 Å². The molecule has 0 aliphatic carbocycles. The molecule has 0 atom stereocenters. The van der Waals surface area contributed by atoms with E-state index in [1.54, 1.807) is 30.3 Å². The van der Waals surface area contributed by atoms with Crippen LogP contribution in [0.5, 0.6) is 0 Å². The molecule has 0 spiro atoms. The molecular formula is C15H10Cl2N2O. The number of benzene rings is 2. The number of hydrogen-bond acceptors (Lipinski definition) is 2. The van der Waals surface area contributed by atoms with Crippen LogP contribution in [0.15, 0.2) is 42.5 Å². The van der Waals surface area contributed by atoms with Gasteiger partial charge in [0.2, 0.25) is 5.91 Å². The largest absolute Gasteiger partial charge is 0.324 e. The minimum absolute atomic E-state index is 0.188. The van der Waals surface area contributed by atoms with Gasteiger partial charge in [0.15, 0.2) is 0 Å². The zero-order chi connectivity index (χ0) is 14.5. The molecule has 0 radical (unpaired) electrons. The Morgan fingerprint density at radius 2 is 2.00 bits per heavy atom. The maximum Gasteiger partial charge on any atom is 0.228 e. The Morgan fingerprint density at radius 1 is 1.20 bits per heavy atom. The van der Waals surface area contributed by atoms with E-state index < -0.39 is 0 Å². The lowest BCUT2D eigenvalue weighted by atomic mass is 10.1. The van der Waals surface area contributed by atoms with Gasteiger partial charge in [0.1, 0.15) is 0 Å². The predicted molar refractivity (Wildman–Crippen MR) is 80.0 cm³/mol. The molecule has 100 valence electrons. The summed E-state index contributed by atoms with van der Waals surface area (Å²) in [5.41, 5.74) is 1.67. The van der Waals surface area contributed by atoms with Crippen LogP contribution in [0.1, 0.15) is 11.1 Å². The Balaban J connectivity index is 2.10. The molecule has 0 heterocycles. The topological polar surface area (TPSA) is 52.9 Å². The van der Waals surface area contributed by atoms with Crippen LogP contribution >= 0.6 is 23.2 Å². The molecule has 5 heteroatoms. The van der Waals surface area contributed by atoms with E-state index in [2.05, 4.69) is 5.32 Å². The SMILES string of the molecule is N#Cc1ccc(Cl)c(NC(=O)Cc2cccc(Cl)c2)c1. The van der Waals surface area contributed by atoms with Crippen LogP contribution in [-0.4, -0.2) is 5.91 Å². The average Bonchev–Trinajstić information content (AvgIpc) is 2.41. The van der Waals surface area contributed by atoms with Gasteiger partial charge in [-0.05, 0) is 35.9 Å². The molecule has 0 aromatic heterocycles. The molecule has 0 unspecified atom stereocenters. The maximum absolute atomic E-state index is 11.9. The number of anilines is 1. The van der Waals surface area contributed by atoms with Crippen LogP contribution in [0.25, 0.3) is 0 Å². The minimum atomic E-state index is -0.218. The van der Waals surface area contributed by atoms with Gasteiger partial charge in [-0.25, -0.2) is 0 Å². The third-order valence-electron chi connectivity index (χ3n) is 2.62. The molecule has 0 bridgehead atoms. The molecule has 0 aliphatic rings. The van der Waals surface area contributed by atoms with E-state index in [4.69, 9.17) is 28.5 Å². The lowest BCUT2D eigenvalue weighted by Gasteiger charge is -2.08. The van der Waals surface area contributed by atoms with Gasteiger partial charge in [-0.15, -0.1) is 0 Å². The smallest absolute Gasteiger partial charge is 0.228 e. The van der Waals surface area contributed by atoms with E-state index in [-0.39, 0.29) is 12.3 Å². The fraction of sp³-hybridized carbons (Fsp3) is 0.0667. The molecule has 0 fully saturated rings. The molecule has 0 saturated heterocycles. The molecule has 2 aromatic carbocycles. The van der Waals surface area contributed by atoms with Crippen LogP contribution in [-0.2, 0) is 11.2 Å². The third-order valence-corrected chi connectivity index (χ3v) is 3.19. The Morgan fingerprint density at radius 3 is 2.70 bits per heavy atom. The summed E-state index contributed by atoms with van der Waals surface area (Å²) in [6.07, 6.45) is 0.188. The van der Waals surface area contributed by atoms with Crippen LogP contribution in [0.3, 0.4) is 0 Å². The van der Waals surface area contributed by atoms with Crippen LogP contribution in [0, 0.1) is 11.3 Å². The van der Waals surface area contributed by atoms with Crippen molar-refractivity contribution >= 4 is 34.8 Å². The summed E-state index contributed by atoms with van der Waals surface area (Å²) >= 11 is 11.8. The molecule has 0 saturated carbocycles. The first-order valence-electron chi connectivity index (χ1n) is 5.82. The van der Waals surface area contributed by atoms with Gasteiger partial charge in [-0.1, -0.05) is 35.3 Å². The zero-order valence-corrected chi connectivity index (χ0v) is 11.9. The van der Waals surface area contributed by atoms with Crippen molar-refractivity contribution in [3.05, 3.63) is 63.6 Å². The molecule has 3 nitrogen and oxygen atoms in total. The zero-order valence-electron chi connectivity index (χ0n) is 10.4. The van der Waals surface area contributed by atoms with E-state index in [0.717, 1.165) is 5.56 Å². The lowest BCUT2D eigenvalue weighted by Crippen LogP contribution is -2.14. The molecular weight excluding hydrogens is 295 g/mol. The van der Waals surface area contributed by atoms with Gasteiger partial charge in [0.25, 0.3) is 0 Å². The molecule has 1 N–H and O–H groups in total. The number of amides is 1. The van der Waals surface area contributed by atoms with E-state index in [1.165, 1.54) is 6.07 Å². The number of hydrogen-bond donors (Lipinski definition) is 1. The van der Waals surface area contributed by atoms with Crippen molar-refractivity contribution in [3.63, 3.8) is 0 Å². The Bertz CT molecular complexity index is 693. The van der Waals surface area contributed by atoms with Crippen molar-refractivity contribution in [1.29, 1.82) is 5.26 Å². The van der Waals surface area contributed by atoms with Gasteiger partial charge in [0, 0.05) is 5.02 Å². The van der Waals surface area contributed by atoms with Crippen LogP contribution < -0.4 is 5.32 Å². The number of carbonyl (C=O) groups excluding carboxylic acids is 1. The summed E-state index contributed by atoms with van der Waals surface area (Å²) < 4.78 is 0. The molecule has 20 heavy (non-hydrogen) atoms. The number of nitriles is 1. The number of halogens is 2. The highest BCUT2D eigenvalue weighted by Gasteiger charge is 2.08. The highest BCUT2D eigenvalue weighted by molar-refractivity contribution is 6.33. The Labute approximate surface area is 126 Å². The number of nitrogens with one attached hydrogen (secondary N) is 1. The Kier molecular flexibility index (Phi) is 4.62. The van der Waals surface area contributed by atoms with E-state index in [9.17, 15) is 4.79 Å². The highest BCUT2D eigenvalue weighted by Crippen LogP contribution is 2.23. The average molecular weight is 305 g/mol. The maximum atomic E-state index is 11.9. The number of nitrogens with zero attached hydrogens (tertiary/aromatic N) is 1.